The Balaban J connectivity index is 1.85. The molecule has 23 heavy (non-hydrogen) atoms. The minimum Gasteiger partial charge on any atom is -0.492 e. The third-order valence-corrected chi connectivity index (χ3v) is 4.89. The Morgan fingerprint density at radius 3 is 2.30 bits per heavy atom. The highest BCUT2D eigenvalue weighted by Gasteiger charge is 2.09. The zero-order valence-electron chi connectivity index (χ0n) is 13.6. The van der Waals surface area contributed by atoms with Crippen LogP contribution in [0.15, 0.2) is 51.4 Å². The van der Waals surface area contributed by atoms with Crippen molar-refractivity contribution in [3.8, 4) is 5.75 Å². The summed E-state index contributed by atoms with van der Waals surface area (Å²) < 4.78 is 7.60. The van der Waals surface area contributed by atoms with E-state index in [0.29, 0.717) is 12.6 Å². The summed E-state index contributed by atoms with van der Waals surface area (Å²) in [6.45, 7) is 5.73. The van der Waals surface area contributed by atoms with Gasteiger partial charge < -0.3 is 10.1 Å². The second-order valence-corrected chi connectivity index (χ2v) is 7.34. The normalized spacial score (nSPS) is 12.2. The molecule has 2 aromatic carbocycles. The molecule has 1 atom stereocenters. The van der Waals surface area contributed by atoms with E-state index in [9.17, 15) is 0 Å². The molecular formula is C19H23Br2NO. The quantitative estimate of drug-likeness (QED) is 0.566. The van der Waals surface area contributed by atoms with Gasteiger partial charge in [-0.25, -0.2) is 0 Å². The Morgan fingerprint density at radius 2 is 1.70 bits per heavy atom. The Morgan fingerprint density at radius 1 is 1.04 bits per heavy atom. The molecule has 0 amide bonds. The standard InChI is InChI=1S/C19H23Br2NO/c1-3-23-19-17(20)11-16(12-18(19)21)13-22-14(2)9-10-15-7-5-4-6-8-15/h4-8,11-12,14,22H,3,9-10,13H2,1-2H3. The number of hydrogen-bond donors (Lipinski definition) is 1. The van der Waals surface area contributed by atoms with Gasteiger partial charge >= 0.3 is 0 Å². The monoisotopic (exact) mass is 439 g/mol. The molecule has 0 aliphatic rings. The zero-order valence-corrected chi connectivity index (χ0v) is 16.8. The molecule has 0 heterocycles. The van der Waals surface area contributed by atoms with Gasteiger partial charge in [0.25, 0.3) is 0 Å². The SMILES string of the molecule is CCOc1c(Br)cc(CNC(C)CCc2ccccc2)cc1Br. The van der Waals surface area contributed by atoms with Gasteiger partial charge in [0.05, 0.1) is 15.6 Å². The van der Waals surface area contributed by atoms with Crippen LogP contribution in [0.3, 0.4) is 0 Å². The van der Waals surface area contributed by atoms with Crippen LogP contribution in [0.2, 0.25) is 0 Å². The van der Waals surface area contributed by atoms with Gasteiger partial charge in [-0.2, -0.15) is 0 Å². The number of nitrogens with one attached hydrogen (secondary N) is 1. The maximum absolute atomic E-state index is 5.62. The third-order valence-electron chi connectivity index (χ3n) is 3.71. The van der Waals surface area contributed by atoms with Gasteiger partial charge in [0, 0.05) is 12.6 Å². The zero-order chi connectivity index (χ0) is 16.7. The van der Waals surface area contributed by atoms with E-state index in [-0.39, 0.29) is 0 Å². The molecule has 124 valence electrons. The van der Waals surface area contributed by atoms with Crippen molar-refractivity contribution in [2.75, 3.05) is 6.61 Å². The van der Waals surface area contributed by atoms with E-state index in [1.807, 2.05) is 6.92 Å². The van der Waals surface area contributed by atoms with E-state index in [2.05, 4.69) is 86.6 Å². The molecule has 0 aromatic heterocycles. The van der Waals surface area contributed by atoms with Crippen LogP contribution in [-0.2, 0) is 13.0 Å². The fourth-order valence-electron chi connectivity index (χ4n) is 2.42. The Hall–Kier alpha value is -0.840. The maximum atomic E-state index is 5.62. The highest BCUT2D eigenvalue weighted by molar-refractivity contribution is 9.11. The third kappa shape index (κ3) is 5.94. The lowest BCUT2D eigenvalue weighted by molar-refractivity contribution is 0.336. The fraction of sp³-hybridized carbons (Fsp3) is 0.368. The molecule has 1 unspecified atom stereocenters. The summed E-state index contributed by atoms with van der Waals surface area (Å²) in [4.78, 5) is 0. The highest BCUT2D eigenvalue weighted by atomic mass is 79.9. The summed E-state index contributed by atoms with van der Waals surface area (Å²) >= 11 is 7.17. The number of aryl methyl sites for hydroxylation is 1. The minimum absolute atomic E-state index is 0.472. The number of hydrogen-bond acceptors (Lipinski definition) is 2. The van der Waals surface area contributed by atoms with Gasteiger partial charge in [0.2, 0.25) is 0 Å². The van der Waals surface area contributed by atoms with E-state index in [0.717, 1.165) is 34.1 Å². The largest absolute Gasteiger partial charge is 0.492 e. The topological polar surface area (TPSA) is 21.3 Å². The predicted octanol–water partition coefficient (Wildman–Crippen LogP) is 5.72. The molecule has 0 bridgehead atoms. The number of ether oxygens (including phenoxy) is 1. The fourth-order valence-corrected chi connectivity index (χ4v) is 3.93. The van der Waals surface area contributed by atoms with E-state index in [1.54, 1.807) is 0 Å². The van der Waals surface area contributed by atoms with Crippen LogP contribution in [0, 0.1) is 0 Å². The first kappa shape index (κ1) is 18.5. The maximum Gasteiger partial charge on any atom is 0.147 e. The average molecular weight is 441 g/mol. The Bertz CT molecular complexity index is 593. The minimum atomic E-state index is 0.472. The summed E-state index contributed by atoms with van der Waals surface area (Å²) in [5.74, 6) is 0.869. The first-order valence-corrected chi connectivity index (χ1v) is 9.56. The first-order chi connectivity index (χ1) is 11.1. The van der Waals surface area contributed by atoms with Crippen LogP contribution in [0.4, 0.5) is 0 Å². The van der Waals surface area contributed by atoms with Crippen molar-refractivity contribution in [2.45, 2.75) is 39.3 Å². The van der Waals surface area contributed by atoms with Crippen LogP contribution in [0.1, 0.15) is 31.4 Å². The molecule has 0 radical (unpaired) electrons. The van der Waals surface area contributed by atoms with Crippen molar-refractivity contribution in [3.05, 3.63) is 62.5 Å². The number of benzene rings is 2. The second-order valence-electron chi connectivity index (χ2n) is 5.63. The second kappa shape index (κ2) is 9.45. The van der Waals surface area contributed by atoms with Crippen LogP contribution < -0.4 is 10.1 Å². The molecule has 2 aromatic rings. The molecule has 0 aliphatic carbocycles. The van der Waals surface area contributed by atoms with Gasteiger partial charge in [-0.15, -0.1) is 0 Å². The summed E-state index contributed by atoms with van der Waals surface area (Å²) in [5, 5.41) is 3.59. The molecule has 1 N–H and O–H groups in total. The summed E-state index contributed by atoms with van der Waals surface area (Å²) in [7, 11) is 0. The lowest BCUT2D eigenvalue weighted by Gasteiger charge is -2.15. The summed E-state index contributed by atoms with van der Waals surface area (Å²) in [6, 6.07) is 15.3. The van der Waals surface area contributed by atoms with Crippen molar-refractivity contribution in [1.29, 1.82) is 0 Å². The number of halogens is 2. The van der Waals surface area contributed by atoms with Crippen molar-refractivity contribution in [3.63, 3.8) is 0 Å². The van der Waals surface area contributed by atoms with Gasteiger partial charge in [-0.3, -0.25) is 0 Å². The molecule has 0 saturated carbocycles. The molecule has 0 aliphatic heterocycles. The molecule has 2 rings (SSSR count). The lowest BCUT2D eigenvalue weighted by Crippen LogP contribution is -2.26. The van der Waals surface area contributed by atoms with E-state index in [4.69, 9.17) is 4.74 Å². The molecule has 4 heteroatoms. The van der Waals surface area contributed by atoms with Crippen molar-refractivity contribution >= 4 is 31.9 Å². The molecule has 0 spiro atoms. The smallest absolute Gasteiger partial charge is 0.147 e. The van der Waals surface area contributed by atoms with E-state index < -0.39 is 0 Å². The van der Waals surface area contributed by atoms with E-state index >= 15 is 0 Å². The summed E-state index contributed by atoms with van der Waals surface area (Å²) in [5.41, 5.74) is 2.63. The van der Waals surface area contributed by atoms with Crippen LogP contribution in [0.5, 0.6) is 5.75 Å². The van der Waals surface area contributed by atoms with Crippen LogP contribution in [-0.4, -0.2) is 12.6 Å². The first-order valence-electron chi connectivity index (χ1n) is 7.98. The van der Waals surface area contributed by atoms with Gasteiger partial charge in [0.1, 0.15) is 5.75 Å². The van der Waals surface area contributed by atoms with Crippen molar-refractivity contribution < 1.29 is 4.74 Å². The summed E-state index contributed by atoms with van der Waals surface area (Å²) in [6.07, 6.45) is 2.23. The lowest BCUT2D eigenvalue weighted by atomic mass is 10.1. The van der Waals surface area contributed by atoms with Crippen molar-refractivity contribution in [2.24, 2.45) is 0 Å². The van der Waals surface area contributed by atoms with Gasteiger partial charge in [-0.1, -0.05) is 30.3 Å². The molecule has 0 fully saturated rings. The molecule has 2 nitrogen and oxygen atoms in total. The Kier molecular flexibility index (Phi) is 7.60. The van der Waals surface area contributed by atoms with Crippen LogP contribution >= 0.6 is 31.9 Å². The Labute approximate surface area is 155 Å². The highest BCUT2D eigenvalue weighted by Crippen LogP contribution is 2.34. The van der Waals surface area contributed by atoms with Gasteiger partial charge in [0.15, 0.2) is 0 Å². The molecular weight excluding hydrogens is 418 g/mol. The number of rotatable bonds is 8. The van der Waals surface area contributed by atoms with Gasteiger partial charge in [-0.05, 0) is 81.8 Å². The van der Waals surface area contributed by atoms with E-state index in [1.165, 1.54) is 11.1 Å². The van der Waals surface area contributed by atoms with Crippen molar-refractivity contribution in [1.82, 2.24) is 5.32 Å². The van der Waals surface area contributed by atoms with Crippen LogP contribution in [0.25, 0.3) is 0 Å². The average Bonchev–Trinajstić information content (AvgIpc) is 2.55. The molecule has 0 saturated heterocycles. The predicted molar refractivity (Wildman–Crippen MR) is 104 cm³/mol.